The second-order valence-corrected chi connectivity index (χ2v) is 2.77. The van der Waals surface area contributed by atoms with E-state index in [9.17, 15) is 0 Å². The Labute approximate surface area is 73.0 Å². The lowest BCUT2D eigenvalue weighted by molar-refractivity contribution is 1.23. The summed E-state index contributed by atoms with van der Waals surface area (Å²) in [5.74, 6) is 0. The smallest absolute Gasteiger partial charge is 0.0921 e. The van der Waals surface area contributed by atoms with Crippen LogP contribution in [0.4, 0.5) is 0 Å². The first-order chi connectivity index (χ1) is 5.41. The molecule has 0 spiro atoms. The molecular formula is C8H17B3. The fourth-order valence-corrected chi connectivity index (χ4v) is 0.896. The molecule has 0 heterocycles. The van der Waals surface area contributed by atoms with E-state index in [0.717, 1.165) is 12.8 Å². The molecule has 0 amide bonds. The van der Waals surface area contributed by atoms with E-state index in [1.807, 2.05) is 0 Å². The van der Waals surface area contributed by atoms with E-state index in [2.05, 4.69) is 39.0 Å². The molecule has 0 unspecified atom stereocenters. The molecule has 0 N–H and O–H groups in total. The van der Waals surface area contributed by atoms with E-state index >= 15 is 0 Å². The first-order valence-corrected chi connectivity index (χ1v) is 4.71. The monoisotopic (exact) mass is 146 g/mol. The quantitative estimate of drug-likeness (QED) is 0.397. The van der Waals surface area contributed by atoms with Crippen LogP contribution in [0.3, 0.4) is 0 Å². The average Bonchev–Trinajstić information content (AvgIpc) is 2.10. The number of allylic oxidation sites excluding steroid dienone is 4. The molecule has 0 fully saturated rings. The van der Waals surface area contributed by atoms with E-state index < -0.39 is 0 Å². The van der Waals surface area contributed by atoms with Crippen LogP contribution in [-0.2, 0) is 0 Å². The molecule has 0 nitrogen and oxygen atoms in total. The summed E-state index contributed by atoms with van der Waals surface area (Å²) >= 11 is 0. The minimum Gasteiger partial charge on any atom is -0.111 e. The summed E-state index contributed by atoms with van der Waals surface area (Å²) in [7, 11) is 4.94. The van der Waals surface area contributed by atoms with Crippen molar-refractivity contribution >= 4 is 22.2 Å². The molecule has 58 valence electrons. The van der Waals surface area contributed by atoms with Gasteiger partial charge in [-0.25, -0.2) is 0 Å². The summed E-state index contributed by atoms with van der Waals surface area (Å²) < 4.78 is 0. The SMILES string of the molecule is BCBBC.C1=CCC=CC1. The highest BCUT2D eigenvalue weighted by atomic mass is 13.8. The van der Waals surface area contributed by atoms with E-state index in [0.29, 0.717) is 0 Å². The minimum absolute atomic E-state index is 1.14. The van der Waals surface area contributed by atoms with Crippen LogP contribution in [0.1, 0.15) is 12.8 Å². The molecule has 0 aliphatic heterocycles. The second kappa shape index (κ2) is 9.67. The summed E-state index contributed by atoms with van der Waals surface area (Å²) in [6.07, 6.45) is 12.3. The van der Waals surface area contributed by atoms with Gasteiger partial charge in [0, 0.05) is 0 Å². The minimum atomic E-state index is 1.14. The molecule has 0 aromatic heterocycles. The molecule has 0 aromatic carbocycles. The van der Waals surface area contributed by atoms with Crippen LogP contribution in [0, 0.1) is 0 Å². The maximum absolute atomic E-state index is 2.21. The Morgan fingerprint density at radius 1 is 1.18 bits per heavy atom. The Morgan fingerprint density at radius 2 is 1.64 bits per heavy atom. The van der Waals surface area contributed by atoms with Crippen molar-refractivity contribution in [3.63, 3.8) is 0 Å². The van der Waals surface area contributed by atoms with Crippen molar-refractivity contribution in [1.29, 1.82) is 0 Å². The van der Waals surface area contributed by atoms with Crippen molar-refractivity contribution in [3.8, 4) is 0 Å². The number of hydrogen-bond donors (Lipinski definition) is 0. The van der Waals surface area contributed by atoms with Crippen molar-refractivity contribution in [3.05, 3.63) is 24.3 Å². The molecule has 0 radical (unpaired) electrons. The molecule has 0 saturated heterocycles. The summed E-state index contributed by atoms with van der Waals surface area (Å²) in [6, 6.07) is 0. The summed E-state index contributed by atoms with van der Waals surface area (Å²) in [6.45, 7) is 2.21. The van der Waals surface area contributed by atoms with Gasteiger partial charge in [-0.2, -0.15) is 0 Å². The fourth-order valence-electron chi connectivity index (χ4n) is 0.896. The third kappa shape index (κ3) is 9.67. The van der Waals surface area contributed by atoms with Gasteiger partial charge < -0.3 is 0 Å². The predicted molar refractivity (Wildman–Crippen MR) is 61.0 cm³/mol. The Kier molecular flexibility index (Phi) is 9.39. The topological polar surface area (TPSA) is 0 Å². The zero-order chi connectivity index (χ0) is 8.36. The standard InChI is InChI=1S/C6H8.C2H9B3/c1-2-4-6-5-3-1;1-4-5-2-3/h1-2,5-6H,3-4H2;4-5H,2-3H2,1H3. The van der Waals surface area contributed by atoms with Gasteiger partial charge in [0.2, 0.25) is 0 Å². The third-order valence-corrected chi connectivity index (χ3v) is 1.58. The van der Waals surface area contributed by atoms with Crippen molar-refractivity contribution < 1.29 is 0 Å². The van der Waals surface area contributed by atoms with Gasteiger partial charge in [-0.1, -0.05) is 31.1 Å². The molecule has 0 bridgehead atoms. The normalized spacial score (nSPS) is 13.2. The average molecular weight is 146 g/mol. The van der Waals surface area contributed by atoms with Crippen molar-refractivity contribution in [2.45, 2.75) is 25.9 Å². The number of rotatable bonds is 2. The maximum Gasteiger partial charge on any atom is 0.0921 e. The van der Waals surface area contributed by atoms with Crippen LogP contribution >= 0.6 is 0 Å². The van der Waals surface area contributed by atoms with Crippen LogP contribution in [-0.4, -0.2) is 22.2 Å². The van der Waals surface area contributed by atoms with Crippen molar-refractivity contribution in [2.75, 3.05) is 0 Å². The van der Waals surface area contributed by atoms with Gasteiger partial charge in [0.05, 0.1) is 22.2 Å². The zero-order valence-electron chi connectivity index (χ0n) is 7.84. The van der Waals surface area contributed by atoms with E-state index in [4.69, 9.17) is 0 Å². The fraction of sp³-hybridized carbons (Fsp3) is 0.500. The first kappa shape index (κ1) is 10.7. The van der Waals surface area contributed by atoms with Gasteiger partial charge in [0.25, 0.3) is 0 Å². The molecular weight excluding hydrogens is 129 g/mol. The van der Waals surface area contributed by atoms with Gasteiger partial charge in [0.1, 0.15) is 0 Å². The highest BCUT2D eigenvalue weighted by Crippen LogP contribution is 1.97. The highest BCUT2D eigenvalue weighted by Gasteiger charge is 1.76. The van der Waals surface area contributed by atoms with Crippen LogP contribution in [0.25, 0.3) is 0 Å². The molecule has 3 heteroatoms. The van der Waals surface area contributed by atoms with Gasteiger partial charge in [-0.3, -0.25) is 0 Å². The van der Waals surface area contributed by atoms with E-state index in [1.54, 1.807) is 0 Å². The highest BCUT2D eigenvalue weighted by molar-refractivity contribution is 7.01. The second-order valence-electron chi connectivity index (χ2n) is 2.77. The lowest BCUT2D eigenvalue weighted by Gasteiger charge is -1.87. The summed E-state index contributed by atoms with van der Waals surface area (Å²) in [5.41, 5.74) is 0. The van der Waals surface area contributed by atoms with Crippen LogP contribution in [0.2, 0.25) is 13.0 Å². The molecule has 0 saturated carbocycles. The summed E-state index contributed by atoms with van der Waals surface area (Å²) in [5, 5.41) is 0. The molecule has 1 rings (SSSR count). The maximum atomic E-state index is 2.21. The van der Waals surface area contributed by atoms with Gasteiger partial charge in [-0.15, -0.1) is 6.22 Å². The van der Waals surface area contributed by atoms with Crippen LogP contribution in [0.15, 0.2) is 24.3 Å². The van der Waals surface area contributed by atoms with E-state index in [-0.39, 0.29) is 0 Å². The lowest BCUT2D eigenvalue weighted by Crippen LogP contribution is -1.94. The molecule has 1 aliphatic rings. The molecule has 1 aliphatic carbocycles. The molecule has 0 aromatic rings. The largest absolute Gasteiger partial charge is 0.111 e. The Hall–Kier alpha value is -0.325. The van der Waals surface area contributed by atoms with Crippen molar-refractivity contribution in [2.24, 2.45) is 0 Å². The first-order valence-electron chi connectivity index (χ1n) is 4.71. The lowest BCUT2D eigenvalue weighted by atomic mass is 9.37. The van der Waals surface area contributed by atoms with E-state index in [1.165, 1.54) is 20.6 Å². The molecule has 11 heavy (non-hydrogen) atoms. The third-order valence-electron chi connectivity index (χ3n) is 1.58. The molecule has 0 atom stereocenters. The number of hydrogen-bond acceptors (Lipinski definition) is 0. The zero-order valence-corrected chi connectivity index (χ0v) is 7.84. The van der Waals surface area contributed by atoms with Gasteiger partial charge >= 0.3 is 0 Å². The van der Waals surface area contributed by atoms with Crippen molar-refractivity contribution in [1.82, 2.24) is 0 Å². The Balaban J connectivity index is 0.000000187. The summed E-state index contributed by atoms with van der Waals surface area (Å²) in [4.78, 5) is 0. The Bertz CT molecular complexity index is 96.5. The predicted octanol–water partition coefficient (Wildman–Crippen LogP) is 0.724. The van der Waals surface area contributed by atoms with Gasteiger partial charge in [-0.05, 0) is 12.8 Å². The van der Waals surface area contributed by atoms with Crippen LogP contribution < -0.4 is 0 Å². The van der Waals surface area contributed by atoms with Crippen LogP contribution in [0.5, 0.6) is 0 Å². The Morgan fingerprint density at radius 3 is 1.73 bits per heavy atom. The van der Waals surface area contributed by atoms with Gasteiger partial charge in [0.15, 0.2) is 0 Å².